The average Bonchev–Trinajstić information content (AvgIpc) is 3.52. The minimum atomic E-state index is -4.86. The number of carbonyl (C=O) groups is 2. The van der Waals surface area contributed by atoms with E-state index in [4.69, 9.17) is 21.1 Å². The molecule has 2 amide bonds. The minimum Gasteiger partial charge on any atom is -0.484 e. The molecule has 45 heavy (non-hydrogen) atoms. The number of hydrogen-bond donors (Lipinski definition) is 2. The molecule has 0 spiro atoms. The van der Waals surface area contributed by atoms with Crippen LogP contribution >= 0.6 is 11.6 Å². The maximum atomic E-state index is 13.6. The number of rotatable bonds is 12. The monoisotopic (exact) mass is 666 g/mol. The molecule has 4 rings (SSSR count). The summed E-state index contributed by atoms with van der Waals surface area (Å²) in [5.74, 6) is -0.786. The number of aryl methyl sites for hydroxylation is 1. The van der Waals surface area contributed by atoms with Crippen LogP contribution in [0.3, 0.4) is 0 Å². The molecule has 3 aromatic rings. The summed E-state index contributed by atoms with van der Waals surface area (Å²) in [4.78, 5) is 24.6. The topological polar surface area (TPSA) is 126 Å². The number of hydrazone groups is 1. The SMILES string of the molecule is Cc1ccc(S(=O)(=O)N(CC(=O)N/N=C\c2ccc(OCC(=O)NC[C@H]3CCCO3)cc2)c2ccc(Cl)c(C(F)(F)F)c2)cc1. The van der Waals surface area contributed by atoms with Crippen molar-refractivity contribution in [3.05, 3.63) is 88.4 Å². The van der Waals surface area contributed by atoms with E-state index in [9.17, 15) is 31.2 Å². The second-order valence-electron chi connectivity index (χ2n) is 10.1. The third kappa shape index (κ3) is 9.42. The van der Waals surface area contributed by atoms with Crippen LogP contribution in [0.5, 0.6) is 5.75 Å². The fourth-order valence-corrected chi connectivity index (χ4v) is 5.90. The second kappa shape index (κ2) is 14.8. The van der Waals surface area contributed by atoms with Crippen LogP contribution in [-0.4, -0.2) is 58.9 Å². The summed E-state index contributed by atoms with van der Waals surface area (Å²) in [5.41, 5.74) is 1.81. The van der Waals surface area contributed by atoms with Gasteiger partial charge in [0.1, 0.15) is 12.3 Å². The highest BCUT2D eigenvalue weighted by Gasteiger charge is 2.35. The minimum absolute atomic E-state index is 0.0216. The van der Waals surface area contributed by atoms with Gasteiger partial charge in [0, 0.05) is 13.2 Å². The summed E-state index contributed by atoms with van der Waals surface area (Å²) in [6.07, 6.45) is -1.69. The van der Waals surface area contributed by atoms with E-state index < -0.39 is 44.9 Å². The van der Waals surface area contributed by atoms with Gasteiger partial charge in [-0.05, 0) is 79.9 Å². The first kappa shape index (κ1) is 33.7. The fraction of sp³-hybridized carbons (Fsp3) is 0.300. The largest absolute Gasteiger partial charge is 0.484 e. The Morgan fingerprint density at radius 2 is 1.80 bits per heavy atom. The Morgan fingerprint density at radius 1 is 1.09 bits per heavy atom. The molecule has 1 atom stereocenters. The molecule has 1 aliphatic heterocycles. The number of benzene rings is 3. The van der Waals surface area contributed by atoms with Gasteiger partial charge in [-0.1, -0.05) is 29.3 Å². The summed E-state index contributed by atoms with van der Waals surface area (Å²) in [5, 5.41) is 5.96. The highest BCUT2D eigenvalue weighted by molar-refractivity contribution is 7.92. The Morgan fingerprint density at radius 3 is 2.44 bits per heavy atom. The molecule has 2 N–H and O–H groups in total. The lowest BCUT2D eigenvalue weighted by atomic mass is 10.2. The molecule has 1 aliphatic rings. The highest BCUT2D eigenvalue weighted by Crippen LogP contribution is 2.38. The number of alkyl halides is 3. The summed E-state index contributed by atoms with van der Waals surface area (Å²) in [7, 11) is -4.48. The number of halogens is 4. The fourth-order valence-electron chi connectivity index (χ4n) is 4.27. The number of carbonyl (C=O) groups excluding carboxylic acids is 2. The Balaban J connectivity index is 1.40. The van der Waals surface area contributed by atoms with Crippen LogP contribution in [0.1, 0.15) is 29.5 Å². The zero-order chi connectivity index (χ0) is 32.6. The summed E-state index contributed by atoms with van der Waals surface area (Å²) in [6, 6.07) is 14.6. The average molecular weight is 667 g/mol. The van der Waals surface area contributed by atoms with E-state index in [0.29, 0.717) is 34.8 Å². The van der Waals surface area contributed by atoms with E-state index in [1.165, 1.54) is 30.5 Å². The Bertz CT molecular complexity index is 1630. The van der Waals surface area contributed by atoms with Crippen LogP contribution in [0.4, 0.5) is 18.9 Å². The van der Waals surface area contributed by atoms with Crippen LogP contribution < -0.4 is 19.8 Å². The number of ether oxygens (including phenoxy) is 2. The molecule has 1 fully saturated rings. The summed E-state index contributed by atoms with van der Waals surface area (Å²) >= 11 is 5.73. The van der Waals surface area contributed by atoms with Gasteiger partial charge >= 0.3 is 6.18 Å². The number of sulfonamides is 1. The van der Waals surface area contributed by atoms with Gasteiger partial charge in [-0.15, -0.1) is 0 Å². The molecule has 0 bridgehead atoms. The van der Waals surface area contributed by atoms with Gasteiger partial charge in [-0.25, -0.2) is 13.8 Å². The van der Waals surface area contributed by atoms with Crippen molar-refractivity contribution >= 4 is 45.3 Å². The van der Waals surface area contributed by atoms with Crippen molar-refractivity contribution in [2.24, 2.45) is 5.10 Å². The van der Waals surface area contributed by atoms with Crippen LogP contribution in [-0.2, 0) is 30.5 Å². The second-order valence-corrected chi connectivity index (χ2v) is 12.3. The van der Waals surface area contributed by atoms with Gasteiger partial charge in [-0.2, -0.15) is 18.3 Å². The quantitative estimate of drug-likeness (QED) is 0.214. The van der Waals surface area contributed by atoms with Crippen LogP contribution in [0, 0.1) is 6.92 Å². The Labute approximate surface area is 263 Å². The lowest BCUT2D eigenvalue weighted by Crippen LogP contribution is -2.39. The molecule has 240 valence electrons. The normalized spacial score (nSPS) is 15.2. The van der Waals surface area contributed by atoms with E-state index in [1.54, 1.807) is 31.2 Å². The standard InChI is InChI=1S/C30H30ClF3N4O6S/c1-20-4-11-25(12-5-20)45(41,42)38(22-8-13-27(31)26(15-22)30(32,33)34)18-28(39)37-36-16-21-6-9-23(10-7-21)44-19-29(40)35-17-24-3-2-14-43-24/h4-13,15-16,24H,2-3,14,17-19H2,1H3,(H,35,40)(H,37,39)/b36-16-/t24-/m1/s1. The first-order valence-corrected chi connectivity index (χ1v) is 15.5. The van der Waals surface area contributed by atoms with E-state index in [0.717, 1.165) is 30.5 Å². The van der Waals surface area contributed by atoms with Crippen molar-refractivity contribution in [2.45, 2.75) is 36.9 Å². The molecule has 15 heteroatoms. The zero-order valence-corrected chi connectivity index (χ0v) is 25.6. The van der Waals surface area contributed by atoms with Crippen LogP contribution in [0.15, 0.2) is 76.7 Å². The van der Waals surface area contributed by atoms with Gasteiger partial charge in [0.05, 0.1) is 33.5 Å². The lowest BCUT2D eigenvalue weighted by Gasteiger charge is -2.25. The van der Waals surface area contributed by atoms with Gasteiger partial charge in [0.2, 0.25) is 0 Å². The maximum absolute atomic E-state index is 13.6. The van der Waals surface area contributed by atoms with Crippen molar-refractivity contribution in [3.8, 4) is 5.75 Å². The predicted octanol–water partition coefficient (Wildman–Crippen LogP) is 4.69. The van der Waals surface area contributed by atoms with Gasteiger partial charge in [0.25, 0.3) is 21.8 Å². The molecule has 1 heterocycles. The van der Waals surface area contributed by atoms with Crippen LogP contribution in [0.2, 0.25) is 5.02 Å². The van der Waals surface area contributed by atoms with Gasteiger partial charge in [0.15, 0.2) is 6.61 Å². The molecule has 0 aliphatic carbocycles. The van der Waals surface area contributed by atoms with Crippen LogP contribution in [0.25, 0.3) is 0 Å². The van der Waals surface area contributed by atoms with Gasteiger partial charge in [-0.3, -0.25) is 13.9 Å². The Kier molecular flexibility index (Phi) is 11.1. The molecule has 10 nitrogen and oxygen atoms in total. The van der Waals surface area contributed by atoms with E-state index in [1.807, 2.05) is 0 Å². The number of nitrogens with one attached hydrogen (secondary N) is 2. The van der Waals surface area contributed by atoms with Crippen molar-refractivity contribution in [1.82, 2.24) is 10.7 Å². The number of hydrogen-bond acceptors (Lipinski definition) is 7. The van der Waals surface area contributed by atoms with Crippen molar-refractivity contribution in [3.63, 3.8) is 0 Å². The third-order valence-electron chi connectivity index (χ3n) is 6.64. The first-order valence-electron chi connectivity index (χ1n) is 13.7. The van der Waals surface area contributed by atoms with Crippen molar-refractivity contribution in [2.75, 3.05) is 30.6 Å². The van der Waals surface area contributed by atoms with E-state index in [-0.39, 0.29) is 23.5 Å². The maximum Gasteiger partial charge on any atom is 0.417 e. The molecule has 0 unspecified atom stereocenters. The number of nitrogens with zero attached hydrogens (tertiary/aromatic N) is 2. The molecule has 0 radical (unpaired) electrons. The zero-order valence-electron chi connectivity index (χ0n) is 24.0. The highest BCUT2D eigenvalue weighted by atomic mass is 35.5. The first-order chi connectivity index (χ1) is 21.3. The molecule has 0 saturated carbocycles. The Hall–Kier alpha value is -4.14. The predicted molar refractivity (Wildman–Crippen MR) is 162 cm³/mol. The molecule has 1 saturated heterocycles. The lowest BCUT2D eigenvalue weighted by molar-refractivity contribution is -0.137. The van der Waals surface area contributed by atoms with Crippen molar-refractivity contribution in [1.29, 1.82) is 0 Å². The number of amides is 2. The smallest absolute Gasteiger partial charge is 0.417 e. The molecule has 3 aromatic carbocycles. The van der Waals surface area contributed by atoms with Gasteiger partial charge < -0.3 is 14.8 Å². The molecular formula is C30H30ClF3N4O6S. The molecule has 0 aromatic heterocycles. The van der Waals surface area contributed by atoms with Crippen molar-refractivity contribution < 1.29 is 40.7 Å². The molecular weight excluding hydrogens is 637 g/mol. The summed E-state index contributed by atoms with van der Waals surface area (Å²) < 4.78 is 79.1. The summed E-state index contributed by atoms with van der Waals surface area (Å²) in [6.45, 7) is 1.79. The third-order valence-corrected chi connectivity index (χ3v) is 8.76. The number of anilines is 1. The van der Waals surface area contributed by atoms with E-state index >= 15 is 0 Å². The van der Waals surface area contributed by atoms with E-state index in [2.05, 4.69) is 15.8 Å².